The molecule has 3 N–H and O–H groups in total. The highest BCUT2D eigenvalue weighted by Gasteiger charge is 2.16. The molecule has 148 valence electrons. The molecule has 1 saturated carbocycles. The monoisotopic (exact) mass is 383 g/mol. The molecule has 0 unspecified atom stereocenters. The Balaban J connectivity index is 1.76. The number of aryl methyl sites for hydroxylation is 1. The van der Waals surface area contributed by atoms with Crippen molar-refractivity contribution >= 4 is 23.3 Å². The second kappa shape index (κ2) is 9.30. The number of hydrogen-bond donors (Lipinski definition) is 3. The Morgan fingerprint density at radius 2 is 2.18 bits per heavy atom. The van der Waals surface area contributed by atoms with E-state index >= 15 is 0 Å². The minimum atomic E-state index is -0.428. The third-order valence-corrected chi connectivity index (χ3v) is 4.87. The van der Waals surface area contributed by atoms with Crippen molar-refractivity contribution in [3.63, 3.8) is 0 Å². The predicted octanol–water partition coefficient (Wildman–Crippen LogP) is 4.25. The number of halogens is 1. The molecule has 0 atom stereocenters. The first-order valence-electron chi connectivity index (χ1n) is 9.71. The topological polar surface area (TPSA) is 82.8 Å². The average Bonchev–Trinajstić information content (AvgIpc) is 3.19. The number of anilines is 2. The summed E-state index contributed by atoms with van der Waals surface area (Å²) in [6.45, 7) is 2.63. The second-order valence-corrected chi connectivity index (χ2v) is 7.01. The van der Waals surface area contributed by atoms with Crippen molar-refractivity contribution in [3.05, 3.63) is 58.5 Å². The van der Waals surface area contributed by atoms with E-state index in [4.69, 9.17) is 5.41 Å². The molecule has 0 radical (unpaired) electrons. The van der Waals surface area contributed by atoms with Crippen LogP contribution in [0.25, 0.3) is 5.57 Å². The van der Waals surface area contributed by atoms with Crippen LogP contribution < -0.4 is 16.2 Å². The van der Waals surface area contributed by atoms with E-state index in [1.807, 2.05) is 6.92 Å². The first-order valence-corrected chi connectivity index (χ1v) is 9.71. The van der Waals surface area contributed by atoms with Crippen LogP contribution in [0.4, 0.5) is 15.9 Å². The third-order valence-electron chi connectivity index (χ3n) is 4.87. The van der Waals surface area contributed by atoms with Gasteiger partial charge in [-0.15, -0.1) is 0 Å². The highest BCUT2D eigenvalue weighted by atomic mass is 19.1. The van der Waals surface area contributed by atoms with Gasteiger partial charge in [-0.25, -0.2) is 9.37 Å². The molecule has 28 heavy (non-hydrogen) atoms. The Hall–Kier alpha value is -2.96. The zero-order valence-corrected chi connectivity index (χ0v) is 16.0. The first kappa shape index (κ1) is 19.8. The van der Waals surface area contributed by atoms with Gasteiger partial charge in [0.25, 0.3) is 5.56 Å². The summed E-state index contributed by atoms with van der Waals surface area (Å²) in [4.78, 5) is 16.1. The van der Waals surface area contributed by atoms with E-state index in [-0.39, 0.29) is 11.1 Å². The molecule has 0 aromatic carbocycles. The maximum Gasteiger partial charge on any atom is 0.250 e. The van der Waals surface area contributed by atoms with Gasteiger partial charge in [0.2, 0.25) is 0 Å². The SMILES string of the molecule is CCCn1cc(N/C=C(\C=N)c2cnc(NC3CCCC3)cc2F)ccc1=O. The fraction of sp³-hybridized carbons (Fsp3) is 0.381. The van der Waals surface area contributed by atoms with Crippen molar-refractivity contribution < 1.29 is 4.39 Å². The number of pyridine rings is 2. The predicted molar refractivity (Wildman–Crippen MR) is 111 cm³/mol. The molecule has 2 heterocycles. The molecule has 0 bridgehead atoms. The van der Waals surface area contributed by atoms with Gasteiger partial charge < -0.3 is 20.6 Å². The van der Waals surface area contributed by atoms with E-state index in [0.717, 1.165) is 25.5 Å². The lowest BCUT2D eigenvalue weighted by Crippen LogP contribution is -2.18. The maximum absolute atomic E-state index is 14.6. The van der Waals surface area contributed by atoms with Crippen LogP contribution in [0.5, 0.6) is 0 Å². The molecule has 0 aliphatic heterocycles. The van der Waals surface area contributed by atoms with E-state index in [0.29, 0.717) is 29.7 Å². The number of allylic oxidation sites excluding steroid dienone is 1. The zero-order chi connectivity index (χ0) is 19.9. The third kappa shape index (κ3) is 4.85. The van der Waals surface area contributed by atoms with Crippen LogP contribution in [0, 0.1) is 11.2 Å². The number of aromatic nitrogens is 2. The number of hydrogen-bond acceptors (Lipinski definition) is 5. The van der Waals surface area contributed by atoms with Crippen LogP contribution >= 0.6 is 0 Å². The molecular weight excluding hydrogens is 357 g/mol. The standard InChI is InChI=1S/C21H26FN5O/c1-2-9-27-14-17(7-8-21(27)28)24-12-15(11-23)18-13-25-20(10-19(18)22)26-16-5-3-4-6-16/h7-8,10-14,16,23-24H,2-6,9H2,1H3,(H,25,26)/b15-12+,23-11?. The van der Waals surface area contributed by atoms with Crippen molar-refractivity contribution in [2.45, 2.75) is 51.6 Å². The molecule has 7 heteroatoms. The quantitative estimate of drug-likeness (QED) is 0.595. The van der Waals surface area contributed by atoms with Crippen LogP contribution in [0.2, 0.25) is 0 Å². The van der Waals surface area contributed by atoms with E-state index in [9.17, 15) is 9.18 Å². The van der Waals surface area contributed by atoms with Crippen LogP contribution in [0.15, 0.2) is 41.6 Å². The summed E-state index contributed by atoms with van der Waals surface area (Å²) in [5, 5.41) is 13.9. The van der Waals surface area contributed by atoms with Gasteiger partial charge in [-0.1, -0.05) is 19.8 Å². The summed E-state index contributed by atoms with van der Waals surface area (Å²) >= 11 is 0. The smallest absolute Gasteiger partial charge is 0.250 e. The number of nitrogens with one attached hydrogen (secondary N) is 3. The Kier molecular flexibility index (Phi) is 6.57. The minimum Gasteiger partial charge on any atom is -0.367 e. The van der Waals surface area contributed by atoms with Crippen molar-refractivity contribution in [1.29, 1.82) is 5.41 Å². The van der Waals surface area contributed by atoms with Gasteiger partial charge in [0.15, 0.2) is 0 Å². The van der Waals surface area contributed by atoms with E-state index in [2.05, 4.69) is 15.6 Å². The average molecular weight is 383 g/mol. The Morgan fingerprint density at radius 1 is 1.39 bits per heavy atom. The van der Waals surface area contributed by atoms with E-state index in [1.165, 1.54) is 31.2 Å². The van der Waals surface area contributed by atoms with Crippen molar-refractivity contribution in [3.8, 4) is 0 Å². The molecule has 3 rings (SSSR count). The summed E-state index contributed by atoms with van der Waals surface area (Å²) in [6, 6.07) is 4.89. The van der Waals surface area contributed by atoms with Crippen LogP contribution in [0.1, 0.15) is 44.6 Å². The Labute approximate surface area is 164 Å². The normalized spacial score (nSPS) is 14.9. The fourth-order valence-corrected chi connectivity index (χ4v) is 3.39. The lowest BCUT2D eigenvalue weighted by Gasteiger charge is -2.13. The van der Waals surface area contributed by atoms with Gasteiger partial charge in [0.05, 0.1) is 5.69 Å². The summed E-state index contributed by atoms with van der Waals surface area (Å²) in [5.41, 5.74) is 1.25. The Morgan fingerprint density at radius 3 is 2.86 bits per heavy atom. The fourth-order valence-electron chi connectivity index (χ4n) is 3.39. The van der Waals surface area contributed by atoms with Crippen LogP contribution in [0.3, 0.4) is 0 Å². The molecular formula is C21H26FN5O. The first-order chi connectivity index (χ1) is 13.6. The zero-order valence-electron chi connectivity index (χ0n) is 16.0. The second-order valence-electron chi connectivity index (χ2n) is 7.01. The van der Waals surface area contributed by atoms with Gasteiger partial charge in [-0.3, -0.25) is 4.79 Å². The molecule has 2 aromatic rings. The van der Waals surface area contributed by atoms with Crippen LogP contribution in [-0.2, 0) is 6.54 Å². The molecule has 6 nitrogen and oxygen atoms in total. The van der Waals surface area contributed by atoms with E-state index in [1.54, 1.807) is 23.0 Å². The molecule has 0 spiro atoms. The highest BCUT2D eigenvalue weighted by molar-refractivity contribution is 6.08. The molecule has 1 fully saturated rings. The molecule has 0 amide bonds. The lowest BCUT2D eigenvalue weighted by molar-refractivity contribution is 0.621. The van der Waals surface area contributed by atoms with Gasteiger partial charge in [-0.2, -0.15) is 0 Å². The summed E-state index contributed by atoms with van der Waals surface area (Å²) in [6.07, 6.45) is 11.2. The largest absolute Gasteiger partial charge is 0.367 e. The lowest BCUT2D eigenvalue weighted by atomic mass is 10.1. The van der Waals surface area contributed by atoms with Crippen molar-refractivity contribution in [2.24, 2.45) is 0 Å². The number of nitrogens with zero attached hydrogens (tertiary/aromatic N) is 2. The molecule has 1 aliphatic carbocycles. The molecule has 2 aromatic heterocycles. The van der Waals surface area contributed by atoms with Gasteiger partial charge in [0, 0.05) is 60.7 Å². The van der Waals surface area contributed by atoms with Gasteiger partial charge in [0.1, 0.15) is 11.6 Å². The maximum atomic E-state index is 14.6. The van der Waals surface area contributed by atoms with Crippen LogP contribution in [-0.4, -0.2) is 21.8 Å². The van der Waals surface area contributed by atoms with Crippen molar-refractivity contribution in [1.82, 2.24) is 9.55 Å². The summed E-state index contributed by atoms with van der Waals surface area (Å²) < 4.78 is 16.2. The van der Waals surface area contributed by atoms with Gasteiger partial charge >= 0.3 is 0 Å². The Bertz CT molecular complexity index is 915. The molecule has 0 saturated heterocycles. The summed E-state index contributed by atoms with van der Waals surface area (Å²) in [7, 11) is 0. The van der Waals surface area contributed by atoms with E-state index < -0.39 is 5.82 Å². The highest BCUT2D eigenvalue weighted by Crippen LogP contribution is 2.23. The summed E-state index contributed by atoms with van der Waals surface area (Å²) in [5.74, 6) is 0.0973. The molecule has 1 aliphatic rings. The number of rotatable bonds is 8. The van der Waals surface area contributed by atoms with Crippen molar-refractivity contribution in [2.75, 3.05) is 10.6 Å². The minimum absolute atomic E-state index is 0.0655. The van der Waals surface area contributed by atoms with Gasteiger partial charge in [-0.05, 0) is 25.3 Å².